The SMILES string of the molecule is C[C@@H]1CN(CC(=O)N2c3cc(Cc4ccc(F)cc4)cnc3OC[C@@H]2C2CCCCC2)[C@@H](CN2[C@H](C)COC[C@H]2C)CN1. The predicted octanol–water partition coefficient (Wildman–Crippen LogP) is 4.26. The fraction of sp³-hybridized carbons (Fsp3) is 0.647. The van der Waals surface area contributed by atoms with Gasteiger partial charge in [-0.1, -0.05) is 31.4 Å². The maximum absolute atomic E-state index is 14.6. The Hall–Kier alpha value is -2.59. The number of hydrogen-bond acceptors (Lipinski definition) is 7. The molecule has 5 atom stereocenters. The lowest BCUT2D eigenvalue weighted by molar-refractivity contribution is -0.122. The van der Waals surface area contributed by atoms with Crippen LogP contribution in [0.4, 0.5) is 10.1 Å². The number of morpholine rings is 1. The summed E-state index contributed by atoms with van der Waals surface area (Å²) in [6.45, 7) is 11.6. The fourth-order valence-electron chi connectivity index (χ4n) is 7.60. The van der Waals surface area contributed by atoms with E-state index in [0.29, 0.717) is 49.5 Å². The Kier molecular flexibility index (Phi) is 9.62. The molecule has 43 heavy (non-hydrogen) atoms. The molecule has 1 amide bonds. The van der Waals surface area contributed by atoms with Crippen LogP contribution in [0.2, 0.25) is 0 Å². The van der Waals surface area contributed by atoms with Crippen molar-refractivity contribution in [3.05, 3.63) is 53.5 Å². The van der Waals surface area contributed by atoms with Crippen LogP contribution in [-0.2, 0) is 16.0 Å². The second kappa shape index (κ2) is 13.6. The number of carbonyl (C=O) groups is 1. The van der Waals surface area contributed by atoms with Gasteiger partial charge < -0.3 is 14.8 Å². The van der Waals surface area contributed by atoms with Crippen molar-refractivity contribution >= 4 is 11.6 Å². The van der Waals surface area contributed by atoms with Gasteiger partial charge in [0, 0.05) is 50.0 Å². The van der Waals surface area contributed by atoms with Gasteiger partial charge in [0.1, 0.15) is 18.1 Å². The number of anilines is 1. The standard InChI is InChI=1S/C34H48FN5O3/c1-23-17-38(30(16-36-23)18-39-24(2)20-42-21-25(39)3)19-33(41)40-31-14-27(13-26-9-11-29(35)12-10-26)15-37-34(31)43-22-32(40)28-7-5-4-6-8-28/h9-12,14-15,23-25,28,30,32,36H,4-8,13,16-22H2,1-3H3/t23-,24-,25-,30-,32-/m1/s1. The van der Waals surface area contributed by atoms with Crippen LogP contribution < -0.4 is 15.0 Å². The van der Waals surface area contributed by atoms with Crippen molar-refractivity contribution in [3.8, 4) is 5.88 Å². The Balaban J connectivity index is 1.26. The van der Waals surface area contributed by atoms with Gasteiger partial charge in [-0.05, 0) is 75.3 Å². The van der Waals surface area contributed by atoms with Gasteiger partial charge in [0.2, 0.25) is 11.8 Å². The summed E-state index contributed by atoms with van der Waals surface area (Å²) in [6.07, 6.45) is 8.34. The molecule has 234 valence electrons. The summed E-state index contributed by atoms with van der Waals surface area (Å²) < 4.78 is 25.6. The van der Waals surface area contributed by atoms with Crippen LogP contribution in [0, 0.1) is 11.7 Å². The molecule has 1 saturated carbocycles. The van der Waals surface area contributed by atoms with Crippen LogP contribution in [0.1, 0.15) is 64.0 Å². The summed E-state index contributed by atoms with van der Waals surface area (Å²) in [4.78, 5) is 26.3. The van der Waals surface area contributed by atoms with E-state index in [9.17, 15) is 9.18 Å². The van der Waals surface area contributed by atoms with Crippen LogP contribution >= 0.6 is 0 Å². The van der Waals surface area contributed by atoms with Crippen LogP contribution in [0.15, 0.2) is 36.5 Å². The first-order valence-corrected chi connectivity index (χ1v) is 16.3. The summed E-state index contributed by atoms with van der Waals surface area (Å²) in [6, 6.07) is 9.93. The molecule has 3 fully saturated rings. The zero-order valence-corrected chi connectivity index (χ0v) is 26.0. The highest BCUT2D eigenvalue weighted by Gasteiger charge is 2.40. The largest absolute Gasteiger partial charge is 0.474 e. The number of ether oxygens (including phenoxy) is 2. The lowest BCUT2D eigenvalue weighted by Gasteiger charge is -2.47. The van der Waals surface area contributed by atoms with Gasteiger partial charge >= 0.3 is 0 Å². The number of fused-ring (bicyclic) bond motifs is 1. The Labute approximate surface area is 255 Å². The summed E-state index contributed by atoms with van der Waals surface area (Å²) in [7, 11) is 0. The molecule has 1 aliphatic carbocycles. The van der Waals surface area contributed by atoms with Gasteiger partial charge in [-0.3, -0.25) is 19.5 Å². The van der Waals surface area contributed by atoms with E-state index in [-0.39, 0.29) is 23.8 Å². The van der Waals surface area contributed by atoms with Gasteiger partial charge in [0.15, 0.2) is 0 Å². The summed E-state index contributed by atoms with van der Waals surface area (Å²) in [5.74, 6) is 0.831. The number of nitrogens with one attached hydrogen (secondary N) is 1. The number of benzene rings is 1. The fourth-order valence-corrected chi connectivity index (χ4v) is 7.60. The smallest absolute Gasteiger partial charge is 0.241 e. The van der Waals surface area contributed by atoms with Gasteiger partial charge in [-0.15, -0.1) is 0 Å². The van der Waals surface area contributed by atoms with E-state index in [0.717, 1.165) is 62.5 Å². The number of nitrogens with zero attached hydrogens (tertiary/aromatic N) is 4. The molecular formula is C34H48FN5O3. The average molecular weight is 594 g/mol. The second-order valence-corrected chi connectivity index (χ2v) is 13.3. The molecule has 0 unspecified atom stereocenters. The minimum absolute atomic E-state index is 0.00116. The molecule has 1 aromatic carbocycles. The van der Waals surface area contributed by atoms with Gasteiger partial charge in [0.05, 0.1) is 25.8 Å². The third-order valence-electron chi connectivity index (χ3n) is 9.99. The van der Waals surface area contributed by atoms with E-state index < -0.39 is 0 Å². The number of halogens is 1. The predicted molar refractivity (Wildman–Crippen MR) is 166 cm³/mol. The molecule has 0 bridgehead atoms. The van der Waals surface area contributed by atoms with E-state index in [1.807, 2.05) is 6.20 Å². The molecule has 4 heterocycles. The highest BCUT2D eigenvalue weighted by atomic mass is 19.1. The van der Waals surface area contributed by atoms with Crippen LogP contribution in [-0.4, -0.2) is 96.9 Å². The third kappa shape index (κ3) is 7.06. The number of amides is 1. The van der Waals surface area contributed by atoms with E-state index >= 15 is 0 Å². The molecule has 2 saturated heterocycles. The average Bonchev–Trinajstić information content (AvgIpc) is 3.01. The number of pyridine rings is 1. The number of aromatic nitrogens is 1. The summed E-state index contributed by atoms with van der Waals surface area (Å²) in [5, 5.41) is 3.67. The van der Waals surface area contributed by atoms with Gasteiger partial charge in [-0.25, -0.2) is 9.37 Å². The van der Waals surface area contributed by atoms with Gasteiger partial charge in [0.25, 0.3) is 0 Å². The molecule has 9 heteroatoms. The molecule has 3 aliphatic heterocycles. The van der Waals surface area contributed by atoms with Crippen molar-refractivity contribution in [3.63, 3.8) is 0 Å². The molecule has 0 spiro atoms. The van der Waals surface area contributed by atoms with Crippen LogP contribution in [0.5, 0.6) is 5.88 Å². The Morgan fingerprint density at radius 2 is 1.77 bits per heavy atom. The molecule has 4 aliphatic rings. The Morgan fingerprint density at radius 1 is 1.02 bits per heavy atom. The van der Waals surface area contributed by atoms with E-state index in [1.54, 1.807) is 12.1 Å². The zero-order chi connectivity index (χ0) is 29.9. The lowest BCUT2D eigenvalue weighted by atomic mass is 9.83. The molecule has 1 aromatic heterocycles. The van der Waals surface area contributed by atoms with E-state index in [2.05, 4.69) is 51.8 Å². The minimum Gasteiger partial charge on any atom is -0.474 e. The first-order chi connectivity index (χ1) is 20.9. The van der Waals surface area contributed by atoms with Crippen LogP contribution in [0.3, 0.4) is 0 Å². The summed E-state index contributed by atoms with van der Waals surface area (Å²) in [5.41, 5.74) is 2.77. The van der Waals surface area contributed by atoms with Crippen molar-refractivity contribution in [1.82, 2.24) is 20.1 Å². The molecule has 0 radical (unpaired) electrons. The number of piperazine rings is 1. The molecule has 2 aromatic rings. The monoisotopic (exact) mass is 593 g/mol. The van der Waals surface area contributed by atoms with Gasteiger partial charge in [-0.2, -0.15) is 0 Å². The highest BCUT2D eigenvalue weighted by molar-refractivity contribution is 5.97. The molecule has 6 rings (SSSR count). The Bertz CT molecular complexity index is 1230. The number of hydrogen-bond donors (Lipinski definition) is 1. The third-order valence-corrected chi connectivity index (χ3v) is 9.99. The molecule has 8 nitrogen and oxygen atoms in total. The van der Waals surface area contributed by atoms with Crippen molar-refractivity contribution in [2.75, 3.05) is 50.9 Å². The van der Waals surface area contributed by atoms with Crippen molar-refractivity contribution in [1.29, 1.82) is 0 Å². The molecular weight excluding hydrogens is 545 g/mol. The first kappa shape index (κ1) is 30.4. The first-order valence-electron chi connectivity index (χ1n) is 16.3. The van der Waals surface area contributed by atoms with E-state index in [4.69, 9.17) is 9.47 Å². The highest BCUT2D eigenvalue weighted by Crippen LogP contribution is 2.39. The Morgan fingerprint density at radius 3 is 2.51 bits per heavy atom. The lowest BCUT2D eigenvalue weighted by Crippen LogP contribution is -2.64. The minimum atomic E-state index is -0.245. The number of carbonyl (C=O) groups excluding carboxylic acids is 1. The normalized spacial score (nSPS) is 29.2. The zero-order valence-electron chi connectivity index (χ0n) is 26.0. The van der Waals surface area contributed by atoms with E-state index in [1.165, 1.54) is 31.4 Å². The second-order valence-electron chi connectivity index (χ2n) is 13.3. The van der Waals surface area contributed by atoms with Crippen molar-refractivity contribution < 1.29 is 18.7 Å². The quantitative estimate of drug-likeness (QED) is 0.515. The van der Waals surface area contributed by atoms with Crippen molar-refractivity contribution in [2.24, 2.45) is 5.92 Å². The maximum Gasteiger partial charge on any atom is 0.241 e. The maximum atomic E-state index is 14.6. The molecule has 1 N–H and O–H groups in total. The summed E-state index contributed by atoms with van der Waals surface area (Å²) >= 11 is 0. The number of rotatable bonds is 7. The van der Waals surface area contributed by atoms with Crippen LogP contribution in [0.25, 0.3) is 0 Å². The topological polar surface area (TPSA) is 70.2 Å². The van der Waals surface area contributed by atoms with Crippen molar-refractivity contribution in [2.45, 2.75) is 89.5 Å².